The Kier molecular flexibility index (Phi) is 7.78. The highest BCUT2D eigenvalue weighted by Crippen LogP contribution is 2.50. The van der Waals surface area contributed by atoms with Gasteiger partial charge in [-0.05, 0) is 114 Å². The molecule has 0 spiro atoms. The maximum absolute atomic E-state index is 2.45. The largest absolute Gasteiger partial charge is 0.310 e. The summed E-state index contributed by atoms with van der Waals surface area (Å²) in [5.41, 5.74) is 12.0. The Hall–Kier alpha value is -6.96. The van der Waals surface area contributed by atoms with E-state index >= 15 is 0 Å². The summed E-state index contributed by atoms with van der Waals surface area (Å²) in [5, 5.41) is 9.96. The van der Waals surface area contributed by atoms with Crippen molar-refractivity contribution in [3.8, 4) is 33.4 Å². The van der Waals surface area contributed by atoms with E-state index in [2.05, 4.69) is 218 Å². The van der Waals surface area contributed by atoms with Crippen molar-refractivity contribution in [1.29, 1.82) is 0 Å². The van der Waals surface area contributed by atoms with Crippen LogP contribution in [0.5, 0.6) is 0 Å². The molecule has 0 aliphatic rings. The molecular formula is C53H37N. The van der Waals surface area contributed by atoms with Gasteiger partial charge in [-0.15, -0.1) is 0 Å². The van der Waals surface area contributed by atoms with E-state index in [1.165, 1.54) is 87.7 Å². The summed E-state index contributed by atoms with van der Waals surface area (Å²) in [6, 6.07) is 75.4. The molecule has 254 valence electrons. The fraction of sp³-hybridized carbons (Fsp3) is 0.0189. The van der Waals surface area contributed by atoms with Crippen LogP contribution in [0.3, 0.4) is 0 Å². The minimum Gasteiger partial charge on any atom is -0.310 e. The van der Waals surface area contributed by atoms with Crippen molar-refractivity contribution in [2.24, 2.45) is 0 Å². The second-order valence-corrected chi connectivity index (χ2v) is 14.1. The third-order valence-electron chi connectivity index (χ3n) is 10.9. The topological polar surface area (TPSA) is 3.24 Å². The van der Waals surface area contributed by atoms with Gasteiger partial charge in [-0.25, -0.2) is 0 Å². The van der Waals surface area contributed by atoms with E-state index in [4.69, 9.17) is 0 Å². The molecule has 54 heavy (non-hydrogen) atoms. The molecule has 0 bridgehead atoms. The molecule has 1 nitrogen and oxygen atoms in total. The average molecular weight is 688 g/mol. The van der Waals surface area contributed by atoms with Crippen LogP contribution in [0.1, 0.15) is 5.56 Å². The van der Waals surface area contributed by atoms with Gasteiger partial charge in [0.25, 0.3) is 0 Å². The number of rotatable bonds is 6. The van der Waals surface area contributed by atoms with Gasteiger partial charge in [0.15, 0.2) is 0 Å². The van der Waals surface area contributed by atoms with E-state index < -0.39 is 0 Å². The monoisotopic (exact) mass is 687 g/mol. The summed E-state index contributed by atoms with van der Waals surface area (Å²) in [5.74, 6) is 0. The fourth-order valence-electron chi connectivity index (χ4n) is 8.50. The molecule has 0 saturated carbocycles. The molecule has 0 aliphatic carbocycles. The summed E-state index contributed by atoms with van der Waals surface area (Å²) in [6.07, 6.45) is 0. The Morgan fingerprint density at radius 3 is 1.59 bits per heavy atom. The van der Waals surface area contributed by atoms with Crippen molar-refractivity contribution in [1.82, 2.24) is 0 Å². The van der Waals surface area contributed by atoms with Crippen LogP contribution >= 0.6 is 0 Å². The fourth-order valence-corrected chi connectivity index (χ4v) is 8.50. The van der Waals surface area contributed by atoms with E-state index in [0.717, 1.165) is 11.4 Å². The highest BCUT2D eigenvalue weighted by molar-refractivity contribution is 6.33. The van der Waals surface area contributed by atoms with Crippen molar-refractivity contribution in [2.75, 3.05) is 4.90 Å². The molecule has 1 heteroatoms. The molecule has 0 amide bonds. The zero-order valence-electron chi connectivity index (χ0n) is 30.1. The summed E-state index contributed by atoms with van der Waals surface area (Å²) < 4.78 is 0. The number of para-hydroxylation sites is 1. The van der Waals surface area contributed by atoms with E-state index in [1.54, 1.807) is 0 Å². The van der Waals surface area contributed by atoms with Crippen LogP contribution in [0.15, 0.2) is 206 Å². The predicted molar refractivity (Wildman–Crippen MR) is 232 cm³/mol. The molecular weight excluding hydrogens is 651 g/mol. The molecule has 10 aromatic rings. The molecule has 0 radical (unpaired) electrons. The first-order chi connectivity index (χ1) is 26.7. The number of anilines is 3. The summed E-state index contributed by atoms with van der Waals surface area (Å²) in [4.78, 5) is 2.45. The summed E-state index contributed by atoms with van der Waals surface area (Å²) in [7, 11) is 0. The number of hydrogen-bond donors (Lipinski definition) is 0. The lowest BCUT2D eigenvalue weighted by atomic mass is 9.81. The maximum Gasteiger partial charge on any atom is 0.0540 e. The molecule has 0 N–H and O–H groups in total. The quantitative estimate of drug-likeness (QED) is 0.157. The predicted octanol–water partition coefficient (Wildman–Crippen LogP) is 15.1. The number of hydrogen-bond acceptors (Lipinski definition) is 1. The Morgan fingerprint density at radius 2 is 0.870 bits per heavy atom. The number of fused-ring (bicyclic) bond motifs is 7. The molecule has 0 heterocycles. The number of benzene rings is 10. The molecule has 0 atom stereocenters. The first kappa shape index (κ1) is 31.7. The third kappa shape index (κ3) is 5.25. The highest BCUT2D eigenvalue weighted by Gasteiger charge is 2.23. The second-order valence-electron chi connectivity index (χ2n) is 14.1. The van der Waals surface area contributed by atoms with Gasteiger partial charge in [-0.1, -0.05) is 176 Å². The Morgan fingerprint density at radius 1 is 0.333 bits per heavy atom. The van der Waals surface area contributed by atoms with Crippen molar-refractivity contribution >= 4 is 60.2 Å². The first-order valence-corrected chi connectivity index (χ1v) is 18.7. The van der Waals surface area contributed by atoms with Gasteiger partial charge in [0, 0.05) is 16.8 Å². The van der Waals surface area contributed by atoms with Crippen LogP contribution in [0.4, 0.5) is 17.1 Å². The van der Waals surface area contributed by atoms with Crippen LogP contribution in [-0.2, 0) is 0 Å². The zero-order valence-corrected chi connectivity index (χ0v) is 30.1. The van der Waals surface area contributed by atoms with E-state index in [9.17, 15) is 0 Å². The lowest BCUT2D eigenvalue weighted by Gasteiger charge is -2.29. The van der Waals surface area contributed by atoms with Crippen molar-refractivity contribution in [3.63, 3.8) is 0 Å². The Labute approximate surface area is 316 Å². The SMILES string of the molecule is Cc1ccccc1N(c1ccc2c(c1)c1ccccc1c1c(-c3ccccc3)cc(-c3ccccc3)c(-c3ccccc3)c21)c1cccc2ccccc12. The van der Waals surface area contributed by atoms with Gasteiger partial charge in [0.2, 0.25) is 0 Å². The van der Waals surface area contributed by atoms with Crippen molar-refractivity contribution in [3.05, 3.63) is 212 Å². The molecule has 10 aromatic carbocycles. The summed E-state index contributed by atoms with van der Waals surface area (Å²) in [6.45, 7) is 2.21. The molecule has 0 saturated heterocycles. The van der Waals surface area contributed by atoms with Crippen LogP contribution < -0.4 is 4.90 Å². The molecule has 0 aliphatic heterocycles. The van der Waals surface area contributed by atoms with E-state index in [1.807, 2.05) is 0 Å². The molecule has 0 fully saturated rings. The number of aryl methyl sites for hydroxylation is 1. The van der Waals surface area contributed by atoms with Gasteiger partial charge in [0.1, 0.15) is 0 Å². The van der Waals surface area contributed by atoms with E-state index in [0.29, 0.717) is 0 Å². The van der Waals surface area contributed by atoms with Crippen molar-refractivity contribution < 1.29 is 0 Å². The van der Waals surface area contributed by atoms with Gasteiger partial charge >= 0.3 is 0 Å². The first-order valence-electron chi connectivity index (χ1n) is 18.7. The third-order valence-corrected chi connectivity index (χ3v) is 10.9. The van der Waals surface area contributed by atoms with Crippen LogP contribution in [0.2, 0.25) is 0 Å². The lowest BCUT2D eigenvalue weighted by molar-refractivity contribution is 1.27. The Balaban J connectivity index is 1.38. The van der Waals surface area contributed by atoms with Crippen LogP contribution in [0.25, 0.3) is 76.5 Å². The minimum absolute atomic E-state index is 1.13. The molecule has 10 rings (SSSR count). The van der Waals surface area contributed by atoms with Crippen LogP contribution in [0, 0.1) is 6.92 Å². The lowest BCUT2D eigenvalue weighted by Crippen LogP contribution is -2.11. The highest BCUT2D eigenvalue weighted by atomic mass is 15.1. The smallest absolute Gasteiger partial charge is 0.0540 e. The normalized spacial score (nSPS) is 11.4. The van der Waals surface area contributed by atoms with E-state index in [-0.39, 0.29) is 0 Å². The average Bonchev–Trinajstić information content (AvgIpc) is 3.25. The molecule has 0 unspecified atom stereocenters. The van der Waals surface area contributed by atoms with Crippen molar-refractivity contribution in [2.45, 2.75) is 6.92 Å². The Bertz CT molecular complexity index is 2980. The maximum atomic E-state index is 2.45. The standard InChI is InChI=1S/C53H37N/c1-36-18-11-16-30-49(36)54(50-31-17-26-37-23-12-13-27-42(37)50)41-32-33-45-48(34-41)43-28-14-15-29-44(43)52-47(39-21-7-3-8-22-39)35-46(38-19-5-2-6-20-38)51(53(45)52)40-24-9-4-10-25-40/h2-35H,1H3. The van der Waals surface area contributed by atoms with Gasteiger partial charge < -0.3 is 4.90 Å². The molecule has 0 aromatic heterocycles. The zero-order chi connectivity index (χ0) is 36.0. The van der Waals surface area contributed by atoms with Gasteiger partial charge in [0.05, 0.1) is 5.69 Å². The minimum atomic E-state index is 1.13. The van der Waals surface area contributed by atoms with Gasteiger partial charge in [-0.2, -0.15) is 0 Å². The second kappa shape index (κ2) is 13.2. The summed E-state index contributed by atoms with van der Waals surface area (Å²) >= 11 is 0. The van der Waals surface area contributed by atoms with Crippen LogP contribution in [-0.4, -0.2) is 0 Å². The van der Waals surface area contributed by atoms with Gasteiger partial charge in [-0.3, -0.25) is 0 Å². The number of nitrogens with zero attached hydrogens (tertiary/aromatic N) is 1.